The van der Waals surface area contributed by atoms with E-state index >= 15 is 0 Å². The average molecular weight is 339 g/mol. The lowest BCUT2D eigenvalue weighted by Gasteiger charge is -2.04. The van der Waals surface area contributed by atoms with Crippen LogP contribution >= 0.6 is 0 Å². The van der Waals surface area contributed by atoms with Gasteiger partial charge in [0, 0.05) is 10.9 Å². The van der Waals surface area contributed by atoms with Crippen molar-refractivity contribution >= 4 is 23.0 Å². The highest BCUT2D eigenvalue weighted by molar-refractivity contribution is 6.11. The summed E-state index contributed by atoms with van der Waals surface area (Å²) in [5.41, 5.74) is 6.30. The number of furan rings is 1. The summed E-state index contributed by atoms with van der Waals surface area (Å²) in [7, 11) is 0. The maximum atomic E-state index is 12.4. The van der Waals surface area contributed by atoms with Gasteiger partial charge in [0.15, 0.2) is 0 Å². The van der Waals surface area contributed by atoms with Crippen molar-refractivity contribution in [3.8, 4) is 17.1 Å². The SMILES string of the molecule is CCCOc1ccc2oc(-c3ccccc3)c(C(=O)OC(N)=O)c2c1. The van der Waals surface area contributed by atoms with Crippen molar-refractivity contribution in [3.63, 3.8) is 0 Å². The molecule has 0 atom stereocenters. The fourth-order valence-corrected chi connectivity index (χ4v) is 2.52. The number of amides is 1. The Morgan fingerprint density at radius 1 is 1.12 bits per heavy atom. The van der Waals surface area contributed by atoms with Gasteiger partial charge in [-0.05, 0) is 24.6 Å². The molecular formula is C19H17NO5. The Morgan fingerprint density at radius 2 is 1.88 bits per heavy atom. The molecule has 1 amide bonds. The molecule has 0 radical (unpaired) electrons. The largest absolute Gasteiger partial charge is 0.494 e. The summed E-state index contributed by atoms with van der Waals surface area (Å²) in [6, 6.07) is 14.3. The first-order chi connectivity index (χ1) is 12.1. The Morgan fingerprint density at radius 3 is 2.56 bits per heavy atom. The standard InChI is InChI=1S/C19H17NO5/c1-2-10-23-13-8-9-15-14(11-13)16(18(21)25-19(20)22)17(24-15)12-6-4-3-5-7-12/h3-9,11H,2,10H2,1H3,(H2,20,22). The first-order valence-corrected chi connectivity index (χ1v) is 7.86. The highest BCUT2D eigenvalue weighted by atomic mass is 16.6. The van der Waals surface area contributed by atoms with Gasteiger partial charge in [0.1, 0.15) is 22.7 Å². The molecule has 0 spiro atoms. The lowest BCUT2D eigenvalue weighted by atomic mass is 10.1. The van der Waals surface area contributed by atoms with Crippen LogP contribution in [0.25, 0.3) is 22.3 Å². The monoisotopic (exact) mass is 339 g/mol. The summed E-state index contributed by atoms with van der Waals surface area (Å²) in [6.07, 6.45) is -0.313. The van der Waals surface area contributed by atoms with E-state index in [1.807, 2.05) is 25.1 Å². The minimum Gasteiger partial charge on any atom is -0.494 e. The summed E-state index contributed by atoms with van der Waals surface area (Å²) < 4.78 is 16.0. The minimum atomic E-state index is -1.17. The van der Waals surface area contributed by atoms with Gasteiger partial charge in [-0.1, -0.05) is 37.3 Å². The van der Waals surface area contributed by atoms with Gasteiger partial charge in [-0.15, -0.1) is 0 Å². The second kappa shape index (κ2) is 7.09. The molecule has 6 nitrogen and oxygen atoms in total. The molecule has 1 aromatic heterocycles. The third-order valence-corrected chi connectivity index (χ3v) is 3.57. The fourth-order valence-electron chi connectivity index (χ4n) is 2.52. The van der Waals surface area contributed by atoms with Crippen molar-refractivity contribution in [2.45, 2.75) is 13.3 Å². The third-order valence-electron chi connectivity index (χ3n) is 3.57. The van der Waals surface area contributed by atoms with Crippen LogP contribution in [-0.4, -0.2) is 18.7 Å². The second-order valence-corrected chi connectivity index (χ2v) is 5.39. The number of fused-ring (bicyclic) bond motifs is 1. The van der Waals surface area contributed by atoms with Gasteiger partial charge in [-0.3, -0.25) is 0 Å². The summed E-state index contributed by atoms with van der Waals surface area (Å²) in [5, 5.41) is 0.499. The smallest absolute Gasteiger partial charge is 0.412 e. The van der Waals surface area contributed by atoms with Crippen molar-refractivity contribution in [1.82, 2.24) is 0 Å². The quantitative estimate of drug-likeness (QED) is 0.557. The number of carbonyl (C=O) groups excluding carboxylic acids is 2. The number of carbonyl (C=O) groups is 2. The fraction of sp³-hybridized carbons (Fsp3) is 0.158. The lowest BCUT2D eigenvalue weighted by molar-refractivity contribution is 0.0640. The Bertz CT molecular complexity index is 914. The van der Waals surface area contributed by atoms with E-state index < -0.39 is 12.1 Å². The van der Waals surface area contributed by atoms with Crippen molar-refractivity contribution in [2.75, 3.05) is 6.61 Å². The van der Waals surface area contributed by atoms with E-state index in [0.29, 0.717) is 34.6 Å². The van der Waals surface area contributed by atoms with Gasteiger partial charge in [0.25, 0.3) is 0 Å². The van der Waals surface area contributed by atoms with Gasteiger partial charge in [-0.25, -0.2) is 9.59 Å². The highest BCUT2D eigenvalue weighted by Gasteiger charge is 2.25. The van der Waals surface area contributed by atoms with Crippen LogP contribution in [0.5, 0.6) is 5.75 Å². The molecule has 3 aromatic rings. The molecule has 1 heterocycles. The molecule has 0 aliphatic carbocycles. The van der Waals surface area contributed by atoms with Crippen LogP contribution < -0.4 is 10.5 Å². The van der Waals surface area contributed by atoms with Crippen LogP contribution in [0.3, 0.4) is 0 Å². The Hall–Kier alpha value is -3.28. The van der Waals surface area contributed by atoms with Crippen molar-refractivity contribution < 1.29 is 23.5 Å². The maximum absolute atomic E-state index is 12.4. The predicted molar refractivity (Wildman–Crippen MR) is 92.4 cm³/mol. The van der Waals surface area contributed by atoms with Crippen molar-refractivity contribution in [2.24, 2.45) is 5.73 Å². The number of ether oxygens (including phenoxy) is 2. The first-order valence-electron chi connectivity index (χ1n) is 7.86. The number of primary amides is 1. The predicted octanol–water partition coefficient (Wildman–Crippen LogP) is 4.12. The number of hydrogen-bond donors (Lipinski definition) is 1. The van der Waals surface area contributed by atoms with Crippen LogP contribution in [0.1, 0.15) is 23.7 Å². The molecule has 0 aliphatic heterocycles. The minimum absolute atomic E-state index is 0.141. The van der Waals surface area contributed by atoms with E-state index in [1.165, 1.54) is 0 Å². The third kappa shape index (κ3) is 3.47. The van der Waals surface area contributed by atoms with Crippen LogP contribution in [-0.2, 0) is 4.74 Å². The Labute approximate surface area is 144 Å². The van der Waals surface area contributed by atoms with Crippen molar-refractivity contribution in [1.29, 1.82) is 0 Å². The van der Waals surface area contributed by atoms with E-state index in [-0.39, 0.29) is 5.56 Å². The van der Waals surface area contributed by atoms with Gasteiger partial charge in [0.05, 0.1) is 6.61 Å². The van der Waals surface area contributed by atoms with Gasteiger partial charge in [0.2, 0.25) is 0 Å². The summed E-state index contributed by atoms with van der Waals surface area (Å²) in [4.78, 5) is 23.4. The zero-order valence-electron chi connectivity index (χ0n) is 13.7. The van der Waals surface area contributed by atoms with E-state index in [0.717, 1.165) is 6.42 Å². The molecule has 25 heavy (non-hydrogen) atoms. The molecule has 0 saturated carbocycles. The zero-order valence-corrected chi connectivity index (χ0v) is 13.7. The molecule has 0 saturated heterocycles. The zero-order chi connectivity index (χ0) is 17.8. The summed E-state index contributed by atoms with van der Waals surface area (Å²) in [6.45, 7) is 2.55. The van der Waals surface area contributed by atoms with Crippen LogP contribution in [0, 0.1) is 0 Å². The lowest BCUT2D eigenvalue weighted by Crippen LogP contribution is -2.18. The average Bonchev–Trinajstić information content (AvgIpc) is 2.99. The summed E-state index contributed by atoms with van der Waals surface area (Å²) >= 11 is 0. The van der Waals surface area contributed by atoms with Crippen LogP contribution in [0.15, 0.2) is 52.9 Å². The molecule has 2 N–H and O–H groups in total. The second-order valence-electron chi connectivity index (χ2n) is 5.39. The van der Waals surface area contributed by atoms with Gasteiger partial charge < -0.3 is 19.6 Å². The highest BCUT2D eigenvalue weighted by Crippen LogP contribution is 2.36. The van der Waals surface area contributed by atoms with E-state index in [2.05, 4.69) is 4.74 Å². The molecule has 6 heteroatoms. The first kappa shape index (κ1) is 16.6. The number of rotatable bonds is 5. The van der Waals surface area contributed by atoms with Crippen LogP contribution in [0.4, 0.5) is 4.79 Å². The van der Waals surface area contributed by atoms with E-state index in [1.54, 1.807) is 30.3 Å². The van der Waals surface area contributed by atoms with Gasteiger partial charge >= 0.3 is 12.1 Å². The maximum Gasteiger partial charge on any atom is 0.412 e. The van der Waals surface area contributed by atoms with Crippen LogP contribution in [0.2, 0.25) is 0 Å². The van der Waals surface area contributed by atoms with E-state index in [9.17, 15) is 9.59 Å². The number of benzene rings is 2. The molecule has 0 aliphatic rings. The van der Waals surface area contributed by atoms with Crippen molar-refractivity contribution in [3.05, 3.63) is 54.1 Å². The van der Waals surface area contributed by atoms with Gasteiger partial charge in [-0.2, -0.15) is 0 Å². The molecule has 128 valence electrons. The number of hydrogen-bond acceptors (Lipinski definition) is 5. The Kier molecular flexibility index (Phi) is 4.70. The summed E-state index contributed by atoms with van der Waals surface area (Å²) in [5.74, 6) is 0.0510. The molecule has 0 fully saturated rings. The number of esters is 1. The van der Waals surface area contributed by atoms with E-state index in [4.69, 9.17) is 14.9 Å². The molecular weight excluding hydrogens is 322 g/mol. The molecule has 3 rings (SSSR count). The Balaban J connectivity index is 2.17. The molecule has 0 bridgehead atoms. The topological polar surface area (TPSA) is 91.8 Å². The molecule has 0 unspecified atom stereocenters. The normalized spacial score (nSPS) is 10.6. The number of nitrogens with two attached hydrogens (primary N) is 1. The molecule has 2 aromatic carbocycles.